The molecule has 1 atom stereocenters. The molecule has 2 aromatic heterocycles. The number of nitrogens with zero attached hydrogens (tertiary/aromatic N) is 4. The molecule has 11 heteroatoms. The minimum absolute atomic E-state index is 0.151. The maximum atomic E-state index is 14.3. The number of ether oxygens (including phenoxy) is 2. The number of benzene rings is 2. The molecule has 4 aromatic rings. The zero-order valence-corrected chi connectivity index (χ0v) is 23.7. The maximum absolute atomic E-state index is 14.3. The molecule has 2 aromatic carbocycles. The topological polar surface area (TPSA) is 98.6 Å². The molecular weight excluding hydrogens is 553 g/mol. The van der Waals surface area contributed by atoms with Gasteiger partial charge in [0.25, 0.3) is 11.8 Å². The summed E-state index contributed by atoms with van der Waals surface area (Å²) in [6, 6.07) is 13.5. The van der Waals surface area contributed by atoms with Gasteiger partial charge in [-0.05, 0) is 51.1 Å². The summed E-state index contributed by atoms with van der Waals surface area (Å²) in [4.78, 5) is 39.3. The van der Waals surface area contributed by atoms with Gasteiger partial charge in [0.15, 0.2) is 11.2 Å². The van der Waals surface area contributed by atoms with Crippen LogP contribution >= 0.6 is 23.2 Å². The van der Waals surface area contributed by atoms with E-state index in [1.807, 2.05) is 25.3 Å². The zero-order valence-electron chi connectivity index (χ0n) is 22.2. The largest absolute Gasteiger partial charge is 0.496 e. The predicted octanol–water partition coefficient (Wildman–Crippen LogP) is 6.10. The van der Waals surface area contributed by atoms with Crippen LogP contribution in [0.25, 0.3) is 11.4 Å². The van der Waals surface area contributed by atoms with E-state index in [0.29, 0.717) is 62.3 Å². The van der Waals surface area contributed by atoms with Gasteiger partial charge in [0, 0.05) is 45.3 Å². The summed E-state index contributed by atoms with van der Waals surface area (Å²) in [5, 5.41) is 3.85. The van der Waals surface area contributed by atoms with E-state index in [-0.39, 0.29) is 11.7 Å². The van der Waals surface area contributed by atoms with Gasteiger partial charge in [0.05, 0.1) is 25.0 Å². The van der Waals surface area contributed by atoms with E-state index < -0.39 is 17.4 Å². The summed E-state index contributed by atoms with van der Waals surface area (Å²) in [5.41, 5.74) is 1.14. The van der Waals surface area contributed by atoms with Crippen LogP contribution in [0.4, 0.5) is 11.4 Å². The number of anilines is 2. The van der Waals surface area contributed by atoms with Crippen molar-refractivity contribution in [1.82, 2.24) is 14.5 Å². The summed E-state index contributed by atoms with van der Waals surface area (Å²) >= 11 is 12.7. The number of carbonyl (C=O) groups excluding carboxylic acids is 2. The van der Waals surface area contributed by atoms with Gasteiger partial charge in [-0.3, -0.25) is 14.5 Å². The first-order chi connectivity index (χ1) is 19.2. The van der Waals surface area contributed by atoms with Crippen molar-refractivity contribution in [2.45, 2.75) is 32.4 Å². The Labute approximate surface area is 240 Å². The zero-order chi connectivity index (χ0) is 28.3. The van der Waals surface area contributed by atoms with Crippen molar-refractivity contribution in [1.29, 1.82) is 0 Å². The quantitative estimate of drug-likeness (QED) is 0.297. The minimum atomic E-state index is -1.57. The number of amides is 2. The molecule has 0 saturated carbocycles. The molecule has 0 aliphatic carbocycles. The fourth-order valence-electron chi connectivity index (χ4n) is 5.62. The summed E-state index contributed by atoms with van der Waals surface area (Å²) in [5.74, 6) is 0.482. The SMILES string of the molecule is CCOc1cc(OC)c(-c2nc3c(n2C(C)C)C2(C(=O)Nc4cc(Cl)ccc42)N(c2cccc(Cl)c2)C3=O)cn1. The van der Waals surface area contributed by atoms with Crippen LogP contribution in [0.2, 0.25) is 10.0 Å². The highest BCUT2D eigenvalue weighted by Crippen LogP contribution is 2.54. The number of imidazole rings is 1. The van der Waals surface area contributed by atoms with Crippen LogP contribution < -0.4 is 19.7 Å². The Morgan fingerprint density at radius 3 is 2.55 bits per heavy atom. The Kier molecular flexibility index (Phi) is 6.23. The number of rotatable bonds is 6. The number of hydrogen-bond donors (Lipinski definition) is 1. The molecule has 0 fully saturated rings. The van der Waals surface area contributed by atoms with Crippen LogP contribution in [-0.4, -0.2) is 40.1 Å². The highest BCUT2D eigenvalue weighted by atomic mass is 35.5. The highest BCUT2D eigenvalue weighted by molar-refractivity contribution is 6.32. The lowest BCUT2D eigenvalue weighted by Gasteiger charge is -2.35. The molecule has 1 N–H and O–H groups in total. The molecule has 0 radical (unpaired) electrons. The molecule has 2 amide bonds. The van der Waals surface area contributed by atoms with Gasteiger partial charge in [0.1, 0.15) is 11.6 Å². The summed E-state index contributed by atoms with van der Waals surface area (Å²) in [6.45, 7) is 6.25. The van der Waals surface area contributed by atoms with E-state index in [9.17, 15) is 9.59 Å². The third-order valence-electron chi connectivity index (χ3n) is 7.12. The normalized spacial score (nSPS) is 17.4. The molecule has 4 heterocycles. The van der Waals surface area contributed by atoms with Crippen molar-refractivity contribution in [2.75, 3.05) is 23.9 Å². The van der Waals surface area contributed by atoms with Gasteiger partial charge >= 0.3 is 0 Å². The smallest absolute Gasteiger partial charge is 0.280 e. The molecule has 0 bridgehead atoms. The van der Waals surface area contributed by atoms with Crippen LogP contribution in [-0.2, 0) is 10.3 Å². The monoisotopic (exact) mass is 577 g/mol. The first-order valence-corrected chi connectivity index (χ1v) is 13.5. The first kappa shape index (κ1) is 26.2. The molecule has 40 heavy (non-hydrogen) atoms. The van der Waals surface area contributed by atoms with Gasteiger partial charge in [0.2, 0.25) is 5.88 Å². The highest BCUT2D eigenvalue weighted by Gasteiger charge is 2.64. The first-order valence-electron chi connectivity index (χ1n) is 12.7. The van der Waals surface area contributed by atoms with Crippen LogP contribution in [0.15, 0.2) is 54.7 Å². The van der Waals surface area contributed by atoms with Gasteiger partial charge in [-0.2, -0.15) is 0 Å². The van der Waals surface area contributed by atoms with Gasteiger partial charge in [-0.1, -0.05) is 35.3 Å². The number of methoxy groups -OCH3 is 1. The van der Waals surface area contributed by atoms with Gasteiger partial charge in [-0.15, -0.1) is 0 Å². The van der Waals surface area contributed by atoms with E-state index in [1.54, 1.807) is 61.8 Å². The molecule has 6 rings (SSSR count). The van der Waals surface area contributed by atoms with Crippen molar-refractivity contribution >= 4 is 46.4 Å². The fraction of sp³-hybridized carbons (Fsp3) is 0.241. The third kappa shape index (κ3) is 3.61. The molecule has 2 aliphatic rings. The molecule has 1 spiro atoms. The number of nitrogens with one attached hydrogen (secondary N) is 1. The fourth-order valence-corrected chi connectivity index (χ4v) is 5.98. The van der Waals surface area contributed by atoms with Crippen LogP contribution in [0.1, 0.15) is 48.6 Å². The number of fused-ring (bicyclic) bond motifs is 4. The molecule has 0 saturated heterocycles. The number of carbonyl (C=O) groups is 2. The number of hydrogen-bond acceptors (Lipinski definition) is 6. The number of halogens is 2. The lowest BCUT2D eigenvalue weighted by Crippen LogP contribution is -2.51. The van der Waals surface area contributed by atoms with E-state index in [1.165, 1.54) is 4.90 Å². The Bertz CT molecular complexity index is 1700. The predicted molar refractivity (Wildman–Crippen MR) is 153 cm³/mol. The third-order valence-corrected chi connectivity index (χ3v) is 7.59. The van der Waals surface area contributed by atoms with E-state index >= 15 is 0 Å². The minimum Gasteiger partial charge on any atom is -0.496 e. The second-order valence-corrected chi connectivity index (χ2v) is 10.6. The second-order valence-electron chi connectivity index (χ2n) is 9.73. The van der Waals surface area contributed by atoms with Crippen molar-refractivity contribution < 1.29 is 19.1 Å². The maximum Gasteiger partial charge on any atom is 0.280 e. The van der Waals surface area contributed by atoms with Crippen LogP contribution in [0.5, 0.6) is 11.6 Å². The van der Waals surface area contributed by atoms with Gasteiger partial charge < -0.3 is 19.4 Å². The molecule has 9 nitrogen and oxygen atoms in total. The summed E-state index contributed by atoms with van der Waals surface area (Å²) < 4.78 is 13.1. The second kappa shape index (κ2) is 9.53. The van der Waals surface area contributed by atoms with Crippen molar-refractivity contribution in [3.63, 3.8) is 0 Å². The van der Waals surface area contributed by atoms with E-state index in [2.05, 4.69) is 10.3 Å². The summed E-state index contributed by atoms with van der Waals surface area (Å²) in [6.07, 6.45) is 1.61. The lowest BCUT2D eigenvalue weighted by molar-refractivity contribution is -0.119. The number of aromatic nitrogens is 3. The summed E-state index contributed by atoms with van der Waals surface area (Å²) in [7, 11) is 1.54. The average molecular weight is 578 g/mol. The van der Waals surface area contributed by atoms with Crippen LogP contribution in [0, 0.1) is 0 Å². The molecule has 2 aliphatic heterocycles. The molecule has 1 unspecified atom stereocenters. The molecular formula is C29H25Cl2N5O4. The lowest BCUT2D eigenvalue weighted by atomic mass is 9.87. The Hall–Kier alpha value is -4.08. The van der Waals surface area contributed by atoms with Crippen LogP contribution in [0.3, 0.4) is 0 Å². The molecule has 204 valence electrons. The Balaban J connectivity index is 1.69. The van der Waals surface area contributed by atoms with Gasteiger partial charge in [-0.25, -0.2) is 9.97 Å². The standard InChI is InChI=1S/C29H25Cl2N5O4/c1-5-40-23-13-22(39-4)19(14-32-23)26-34-24-25(35(26)15(2)3)29(20-10-9-17(31)12-21(20)33-28(29)38)36(27(24)37)18-8-6-7-16(30)11-18/h6-15H,5H2,1-4H3,(H,33,38). The van der Waals surface area contributed by atoms with Crippen molar-refractivity contribution in [3.05, 3.63) is 81.7 Å². The Morgan fingerprint density at radius 1 is 1.07 bits per heavy atom. The van der Waals surface area contributed by atoms with E-state index in [0.717, 1.165) is 0 Å². The Morgan fingerprint density at radius 2 is 1.85 bits per heavy atom. The number of pyridine rings is 1. The average Bonchev–Trinajstić information content (AvgIpc) is 3.52. The van der Waals surface area contributed by atoms with Crippen molar-refractivity contribution in [3.8, 4) is 23.0 Å². The van der Waals surface area contributed by atoms with Crippen molar-refractivity contribution in [2.24, 2.45) is 0 Å². The van der Waals surface area contributed by atoms with E-state index in [4.69, 9.17) is 37.7 Å².